The molecular weight excluding hydrogens is 353 g/mol. The fourth-order valence-corrected chi connectivity index (χ4v) is 2.65. The molecule has 0 aliphatic rings. The molecule has 0 atom stereocenters. The molecule has 0 aromatic heterocycles. The van der Waals surface area contributed by atoms with Gasteiger partial charge in [-0.1, -0.05) is 31.4 Å². The van der Waals surface area contributed by atoms with Crippen LogP contribution in [0.25, 0.3) is 11.1 Å². The van der Waals surface area contributed by atoms with E-state index in [2.05, 4.69) is 0 Å². The minimum Gasteiger partial charge on any atom is -0.491 e. The predicted molar refractivity (Wildman–Crippen MR) is 93.0 cm³/mol. The topological polar surface area (TPSA) is 18.5 Å². The first-order valence-electron chi connectivity index (χ1n) is 8.23. The van der Waals surface area contributed by atoms with Crippen LogP contribution in [0.2, 0.25) is 5.02 Å². The summed E-state index contributed by atoms with van der Waals surface area (Å²) in [5.74, 6) is -3.24. The second-order valence-corrected chi connectivity index (χ2v) is 5.84. The lowest BCUT2D eigenvalue weighted by Crippen LogP contribution is -2.02. The number of benzene rings is 2. The van der Waals surface area contributed by atoms with Crippen LogP contribution in [-0.4, -0.2) is 13.2 Å². The van der Waals surface area contributed by atoms with Crippen molar-refractivity contribution in [3.05, 3.63) is 46.7 Å². The van der Waals surface area contributed by atoms with Crippen LogP contribution in [0.15, 0.2) is 24.3 Å². The van der Waals surface area contributed by atoms with Crippen molar-refractivity contribution in [3.8, 4) is 22.6 Å². The highest BCUT2D eigenvalue weighted by Crippen LogP contribution is 2.38. The largest absolute Gasteiger partial charge is 0.491 e. The third-order valence-corrected chi connectivity index (χ3v) is 4.06. The van der Waals surface area contributed by atoms with Crippen LogP contribution in [0.3, 0.4) is 0 Å². The summed E-state index contributed by atoms with van der Waals surface area (Å²) in [6.07, 6.45) is 2.71. The van der Waals surface area contributed by atoms with Crippen molar-refractivity contribution in [1.29, 1.82) is 0 Å². The maximum Gasteiger partial charge on any atom is 0.201 e. The van der Waals surface area contributed by atoms with Gasteiger partial charge in [0.2, 0.25) is 5.82 Å². The van der Waals surface area contributed by atoms with Crippen molar-refractivity contribution in [3.63, 3.8) is 0 Å². The van der Waals surface area contributed by atoms with Gasteiger partial charge in [-0.25, -0.2) is 8.78 Å². The molecule has 0 unspecified atom stereocenters. The number of halogens is 4. The van der Waals surface area contributed by atoms with Gasteiger partial charge in [0.1, 0.15) is 0 Å². The van der Waals surface area contributed by atoms with Crippen molar-refractivity contribution in [2.24, 2.45) is 0 Å². The van der Waals surface area contributed by atoms with Crippen molar-refractivity contribution < 1.29 is 22.6 Å². The van der Waals surface area contributed by atoms with Gasteiger partial charge in [0.15, 0.2) is 23.1 Å². The molecule has 0 radical (unpaired) electrons. The zero-order valence-electron chi connectivity index (χ0n) is 14.2. The Morgan fingerprint density at radius 1 is 0.800 bits per heavy atom. The van der Waals surface area contributed by atoms with Gasteiger partial charge in [-0.2, -0.15) is 4.39 Å². The molecule has 0 saturated heterocycles. The van der Waals surface area contributed by atoms with E-state index in [4.69, 9.17) is 21.1 Å². The number of unbranched alkanes of at least 4 members (excludes halogenated alkanes) is 2. The Kier molecular flexibility index (Phi) is 7.00. The fourth-order valence-electron chi connectivity index (χ4n) is 2.39. The molecule has 25 heavy (non-hydrogen) atoms. The summed E-state index contributed by atoms with van der Waals surface area (Å²) in [5.41, 5.74) is -0.0816. The number of hydrogen-bond acceptors (Lipinski definition) is 2. The molecule has 0 fully saturated rings. The second kappa shape index (κ2) is 8.99. The molecular formula is C19H20ClF3O2. The summed E-state index contributed by atoms with van der Waals surface area (Å²) < 4.78 is 53.2. The van der Waals surface area contributed by atoms with Gasteiger partial charge < -0.3 is 9.47 Å². The second-order valence-electron chi connectivity index (χ2n) is 5.47. The van der Waals surface area contributed by atoms with E-state index in [1.807, 2.05) is 6.92 Å². The molecule has 2 aromatic carbocycles. The average Bonchev–Trinajstić information content (AvgIpc) is 2.60. The molecule has 0 heterocycles. The van der Waals surface area contributed by atoms with Crippen molar-refractivity contribution >= 4 is 11.6 Å². The first kappa shape index (κ1) is 19.4. The van der Waals surface area contributed by atoms with Crippen LogP contribution in [0.5, 0.6) is 11.5 Å². The third kappa shape index (κ3) is 4.40. The quantitative estimate of drug-likeness (QED) is 0.500. The lowest BCUT2D eigenvalue weighted by atomic mass is 10.0. The van der Waals surface area contributed by atoms with Crippen LogP contribution in [0.4, 0.5) is 13.2 Å². The van der Waals surface area contributed by atoms with Gasteiger partial charge in [0.05, 0.1) is 18.2 Å². The molecule has 0 saturated carbocycles. The normalized spacial score (nSPS) is 10.8. The van der Waals surface area contributed by atoms with Gasteiger partial charge in [-0.15, -0.1) is 0 Å². The molecule has 0 N–H and O–H groups in total. The molecule has 2 aromatic rings. The van der Waals surface area contributed by atoms with E-state index < -0.39 is 17.5 Å². The summed E-state index contributed by atoms with van der Waals surface area (Å²) in [7, 11) is 0. The molecule has 0 bridgehead atoms. The maximum absolute atomic E-state index is 14.4. The molecule has 0 spiro atoms. The van der Waals surface area contributed by atoms with Crippen molar-refractivity contribution in [1.82, 2.24) is 0 Å². The van der Waals surface area contributed by atoms with Gasteiger partial charge in [0, 0.05) is 11.1 Å². The highest BCUT2D eigenvalue weighted by atomic mass is 35.5. The molecule has 0 amide bonds. The van der Waals surface area contributed by atoms with E-state index in [0.717, 1.165) is 19.3 Å². The molecule has 2 rings (SSSR count). The number of rotatable bonds is 8. The molecule has 6 heteroatoms. The molecule has 136 valence electrons. The monoisotopic (exact) mass is 372 g/mol. The van der Waals surface area contributed by atoms with Gasteiger partial charge in [-0.3, -0.25) is 0 Å². The van der Waals surface area contributed by atoms with Gasteiger partial charge >= 0.3 is 0 Å². The predicted octanol–water partition coefficient (Wildman–Crippen LogP) is 6.39. The molecule has 2 nitrogen and oxygen atoms in total. The van der Waals surface area contributed by atoms with Crippen LogP contribution >= 0.6 is 11.6 Å². The van der Waals surface area contributed by atoms with Crippen molar-refractivity contribution in [2.75, 3.05) is 13.2 Å². The fraction of sp³-hybridized carbons (Fsp3) is 0.368. The summed E-state index contributed by atoms with van der Waals surface area (Å²) in [6, 6.07) is 5.39. The summed E-state index contributed by atoms with van der Waals surface area (Å²) >= 11 is 5.98. The highest BCUT2D eigenvalue weighted by molar-refractivity contribution is 6.33. The lowest BCUT2D eigenvalue weighted by molar-refractivity contribution is 0.286. The van der Waals surface area contributed by atoms with Crippen LogP contribution in [-0.2, 0) is 0 Å². The van der Waals surface area contributed by atoms with Crippen LogP contribution in [0, 0.1) is 17.5 Å². The first-order chi connectivity index (χ1) is 12.0. The smallest absolute Gasteiger partial charge is 0.201 e. The van der Waals surface area contributed by atoms with Crippen LogP contribution in [0.1, 0.15) is 33.1 Å². The number of hydrogen-bond donors (Lipinski definition) is 0. The maximum atomic E-state index is 14.4. The zero-order chi connectivity index (χ0) is 18.4. The Morgan fingerprint density at radius 3 is 2.08 bits per heavy atom. The Balaban J connectivity index is 2.31. The molecule has 0 aliphatic carbocycles. The average molecular weight is 373 g/mol. The van der Waals surface area contributed by atoms with Crippen LogP contribution < -0.4 is 9.47 Å². The van der Waals surface area contributed by atoms with Gasteiger partial charge in [-0.05, 0) is 37.6 Å². The Morgan fingerprint density at radius 2 is 1.44 bits per heavy atom. The zero-order valence-corrected chi connectivity index (χ0v) is 14.9. The third-order valence-electron chi connectivity index (χ3n) is 3.69. The van der Waals surface area contributed by atoms with Gasteiger partial charge in [0.25, 0.3) is 0 Å². The standard InChI is InChI=1S/C19H20ClF3O2/c1-3-5-6-11-25-15-10-8-13(17(21)19(15)23)12-7-9-14(24-4-2)18(22)16(12)20/h7-10H,3-6,11H2,1-2H3. The van der Waals surface area contributed by atoms with Crippen molar-refractivity contribution in [2.45, 2.75) is 33.1 Å². The van der Waals surface area contributed by atoms with E-state index >= 15 is 0 Å². The Bertz CT molecular complexity index is 735. The summed E-state index contributed by atoms with van der Waals surface area (Å²) in [5, 5.41) is -0.319. The summed E-state index contributed by atoms with van der Waals surface area (Å²) in [4.78, 5) is 0. The molecule has 0 aliphatic heterocycles. The number of ether oxygens (including phenoxy) is 2. The Labute approximate surface area is 150 Å². The first-order valence-corrected chi connectivity index (χ1v) is 8.61. The van der Waals surface area contributed by atoms with E-state index in [-0.39, 0.29) is 34.3 Å². The SMILES string of the molecule is CCCCCOc1ccc(-c2ccc(OCC)c(F)c2Cl)c(F)c1F. The van der Waals surface area contributed by atoms with E-state index in [1.54, 1.807) is 6.92 Å². The Hall–Kier alpha value is -1.88. The minimum atomic E-state index is -1.13. The van der Waals surface area contributed by atoms with E-state index in [9.17, 15) is 13.2 Å². The van der Waals surface area contributed by atoms with E-state index in [1.165, 1.54) is 24.3 Å². The minimum absolute atomic E-state index is 0.0343. The lowest BCUT2D eigenvalue weighted by Gasteiger charge is -2.13. The highest BCUT2D eigenvalue weighted by Gasteiger charge is 2.20. The summed E-state index contributed by atoms with van der Waals surface area (Å²) in [6.45, 7) is 4.31. The van der Waals surface area contributed by atoms with E-state index in [0.29, 0.717) is 6.61 Å².